The van der Waals surface area contributed by atoms with Crippen molar-refractivity contribution in [2.75, 3.05) is 17.6 Å². The van der Waals surface area contributed by atoms with Crippen molar-refractivity contribution in [1.82, 2.24) is 14.3 Å². The molecular weight excluding hydrogens is 420 g/mol. The van der Waals surface area contributed by atoms with E-state index >= 15 is 0 Å². The molecule has 2 heterocycles. The van der Waals surface area contributed by atoms with Crippen molar-refractivity contribution in [2.45, 2.75) is 29.9 Å². The maximum atomic E-state index is 12.6. The van der Waals surface area contributed by atoms with Gasteiger partial charge in [0.2, 0.25) is 15.9 Å². The van der Waals surface area contributed by atoms with Crippen LogP contribution in [0, 0.1) is 0 Å². The number of benzene rings is 2. The van der Waals surface area contributed by atoms with Gasteiger partial charge >= 0.3 is 0 Å². The smallest absolute Gasteiger partial charge is 0.240 e. The van der Waals surface area contributed by atoms with Crippen LogP contribution in [0.3, 0.4) is 0 Å². The van der Waals surface area contributed by atoms with E-state index in [1.54, 1.807) is 36.0 Å². The number of carbonyl (C=O) groups excluding carboxylic acids is 1. The van der Waals surface area contributed by atoms with E-state index in [-0.39, 0.29) is 10.8 Å². The maximum Gasteiger partial charge on any atom is 0.240 e. The summed E-state index contributed by atoms with van der Waals surface area (Å²) in [6, 6.07) is 14.1. The zero-order valence-corrected chi connectivity index (χ0v) is 18.1. The molecule has 1 aliphatic rings. The van der Waals surface area contributed by atoms with Crippen LogP contribution in [-0.4, -0.2) is 36.2 Å². The molecule has 7 nitrogen and oxygen atoms in total. The van der Waals surface area contributed by atoms with Gasteiger partial charge in [0.1, 0.15) is 0 Å². The first-order chi connectivity index (χ1) is 14.4. The Balaban J connectivity index is 1.37. The highest BCUT2D eigenvalue weighted by Crippen LogP contribution is 2.25. The number of fused-ring (bicyclic) bond motifs is 1. The minimum Gasteiger partial charge on any atom is -0.326 e. The topological polar surface area (TPSA) is 93.1 Å². The summed E-state index contributed by atoms with van der Waals surface area (Å²) in [5.74, 6) is 0.922. The second-order valence-corrected chi connectivity index (χ2v) is 9.82. The average molecular weight is 443 g/mol. The van der Waals surface area contributed by atoms with Crippen LogP contribution in [-0.2, 0) is 27.8 Å². The fourth-order valence-electron chi connectivity index (χ4n) is 3.25. The van der Waals surface area contributed by atoms with E-state index in [1.807, 2.05) is 30.5 Å². The second-order valence-electron chi connectivity index (χ2n) is 6.99. The average Bonchev–Trinajstić information content (AvgIpc) is 3.30. The summed E-state index contributed by atoms with van der Waals surface area (Å²) in [6.45, 7) is 2.72. The van der Waals surface area contributed by atoms with Gasteiger partial charge in [-0.05, 0) is 35.4 Å². The van der Waals surface area contributed by atoms with Crippen molar-refractivity contribution < 1.29 is 13.2 Å². The summed E-state index contributed by atoms with van der Waals surface area (Å²) in [5.41, 5.74) is 3.45. The van der Waals surface area contributed by atoms with Crippen LogP contribution in [0.2, 0.25) is 0 Å². The highest BCUT2D eigenvalue weighted by molar-refractivity contribution is 7.99. The largest absolute Gasteiger partial charge is 0.326 e. The van der Waals surface area contributed by atoms with Gasteiger partial charge in [0.05, 0.1) is 10.6 Å². The first kappa shape index (κ1) is 20.6. The van der Waals surface area contributed by atoms with Crippen LogP contribution in [0.4, 0.5) is 5.69 Å². The number of imidazole rings is 1. The Morgan fingerprint density at radius 1 is 1.10 bits per heavy atom. The normalized spacial score (nSPS) is 13.2. The van der Waals surface area contributed by atoms with Gasteiger partial charge in [-0.1, -0.05) is 36.0 Å². The van der Waals surface area contributed by atoms with Crippen LogP contribution in [0.25, 0.3) is 11.1 Å². The van der Waals surface area contributed by atoms with Crippen LogP contribution >= 0.6 is 11.8 Å². The van der Waals surface area contributed by atoms with Crippen molar-refractivity contribution in [3.05, 3.63) is 60.4 Å². The summed E-state index contributed by atoms with van der Waals surface area (Å²) in [5, 5.41) is 3.73. The molecule has 0 aliphatic carbocycles. The number of rotatable bonds is 7. The molecule has 0 saturated carbocycles. The molecule has 1 aliphatic heterocycles. The van der Waals surface area contributed by atoms with E-state index < -0.39 is 10.0 Å². The van der Waals surface area contributed by atoms with Crippen molar-refractivity contribution in [3.63, 3.8) is 0 Å². The standard InChI is InChI=1S/C21H22N4O3S2/c1-15(26)23-18-6-2-16(3-7-18)17-4-8-20(9-5-17)30(27,28)22-11-10-19-14-25-12-13-29-21(25)24-19/h2-9,14,22H,10-13H2,1H3,(H,23,26). The fourth-order valence-corrected chi connectivity index (χ4v) is 5.25. The fraction of sp³-hybridized carbons (Fsp3) is 0.238. The number of nitrogens with zero attached hydrogens (tertiary/aromatic N) is 2. The molecule has 0 spiro atoms. The van der Waals surface area contributed by atoms with Crippen LogP contribution in [0.1, 0.15) is 12.6 Å². The number of amides is 1. The van der Waals surface area contributed by atoms with Gasteiger partial charge in [0.25, 0.3) is 0 Å². The third-order valence-corrected chi connectivity index (χ3v) is 7.18. The number of hydrogen-bond donors (Lipinski definition) is 2. The lowest BCUT2D eigenvalue weighted by molar-refractivity contribution is -0.114. The lowest BCUT2D eigenvalue weighted by atomic mass is 10.1. The molecule has 9 heteroatoms. The summed E-state index contributed by atoms with van der Waals surface area (Å²) in [6.07, 6.45) is 2.55. The molecule has 1 aromatic heterocycles. The number of aryl methyl sites for hydroxylation is 1. The molecule has 0 atom stereocenters. The number of aromatic nitrogens is 2. The van der Waals surface area contributed by atoms with E-state index in [2.05, 4.69) is 19.6 Å². The summed E-state index contributed by atoms with van der Waals surface area (Å²) < 4.78 is 29.9. The summed E-state index contributed by atoms with van der Waals surface area (Å²) in [7, 11) is -3.58. The third-order valence-electron chi connectivity index (χ3n) is 4.73. The lowest BCUT2D eigenvalue weighted by Crippen LogP contribution is -2.26. The third kappa shape index (κ3) is 4.75. The molecule has 2 aromatic carbocycles. The molecule has 0 radical (unpaired) electrons. The Hall–Kier alpha value is -2.62. The van der Waals surface area contributed by atoms with Gasteiger partial charge in [-0.15, -0.1) is 0 Å². The monoisotopic (exact) mass is 442 g/mol. The quantitative estimate of drug-likeness (QED) is 0.586. The number of nitrogens with one attached hydrogen (secondary N) is 2. The second kappa shape index (κ2) is 8.63. The Morgan fingerprint density at radius 2 is 1.77 bits per heavy atom. The zero-order chi connectivity index (χ0) is 21.1. The van der Waals surface area contributed by atoms with E-state index in [4.69, 9.17) is 0 Å². The van der Waals surface area contributed by atoms with Gasteiger partial charge in [-0.25, -0.2) is 18.1 Å². The number of carbonyl (C=O) groups is 1. The zero-order valence-electron chi connectivity index (χ0n) is 16.5. The van der Waals surface area contributed by atoms with Crippen molar-refractivity contribution in [1.29, 1.82) is 0 Å². The molecular formula is C21H22N4O3S2. The van der Waals surface area contributed by atoms with Gasteiger partial charge < -0.3 is 9.88 Å². The SMILES string of the molecule is CC(=O)Nc1ccc(-c2ccc(S(=O)(=O)NCCc3cn4c(n3)SCC4)cc2)cc1. The number of sulfonamides is 1. The predicted octanol–water partition coefficient (Wildman–Crippen LogP) is 3.14. The molecule has 4 rings (SSSR count). The minimum absolute atomic E-state index is 0.124. The summed E-state index contributed by atoms with van der Waals surface area (Å²) >= 11 is 1.72. The Bertz CT molecular complexity index is 1130. The summed E-state index contributed by atoms with van der Waals surface area (Å²) in [4.78, 5) is 15.9. The Morgan fingerprint density at radius 3 is 2.40 bits per heavy atom. The lowest BCUT2D eigenvalue weighted by Gasteiger charge is -2.08. The van der Waals surface area contributed by atoms with Crippen LogP contribution < -0.4 is 10.0 Å². The van der Waals surface area contributed by atoms with E-state index in [0.717, 1.165) is 40.0 Å². The van der Waals surface area contributed by atoms with Crippen LogP contribution in [0.5, 0.6) is 0 Å². The molecule has 2 N–H and O–H groups in total. The molecule has 0 bridgehead atoms. The maximum absolute atomic E-state index is 12.6. The first-order valence-corrected chi connectivity index (χ1v) is 12.0. The van der Waals surface area contributed by atoms with Crippen molar-refractivity contribution in [3.8, 4) is 11.1 Å². The van der Waals surface area contributed by atoms with Crippen LogP contribution in [0.15, 0.2) is 64.8 Å². The Labute approximate surface area is 180 Å². The molecule has 0 fully saturated rings. The van der Waals surface area contributed by atoms with Gasteiger partial charge in [-0.3, -0.25) is 4.79 Å². The van der Waals surface area contributed by atoms with Crippen molar-refractivity contribution in [2.24, 2.45) is 0 Å². The van der Waals surface area contributed by atoms with Gasteiger partial charge in [0.15, 0.2) is 5.16 Å². The number of thioether (sulfide) groups is 1. The van der Waals surface area contributed by atoms with Gasteiger partial charge in [0, 0.05) is 44.1 Å². The highest BCUT2D eigenvalue weighted by atomic mass is 32.2. The number of hydrogen-bond acceptors (Lipinski definition) is 5. The molecule has 0 unspecified atom stereocenters. The Kier molecular flexibility index (Phi) is 5.94. The molecule has 3 aromatic rings. The molecule has 156 valence electrons. The van der Waals surface area contributed by atoms with Crippen molar-refractivity contribution >= 4 is 33.4 Å². The molecule has 1 amide bonds. The molecule has 30 heavy (non-hydrogen) atoms. The van der Waals surface area contributed by atoms with E-state index in [9.17, 15) is 13.2 Å². The first-order valence-electron chi connectivity index (χ1n) is 9.57. The highest BCUT2D eigenvalue weighted by Gasteiger charge is 2.16. The minimum atomic E-state index is -3.58. The van der Waals surface area contributed by atoms with E-state index in [0.29, 0.717) is 13.0 Å². The molecule has 0 saturated heterocycles. The number of anilines is 1. The van der Waals surface area contributed by atoms with E-state index in [1.165, 1.54) is 6.92 Å². The predicted molar refractivity (Wildman–Crippen MR) is 118 cm³/mol. The van der Waals surface area contributed by atoms with Gasteiger partial charge in [-0.2, -0.15) is 0 Å².